The third-order valence-corrected chi connectivity index (χ3v) is 10.2. The van der Waals surface area contributed by atoms with E-state index in [1.165, 1.54) is 75.8 Å². The van der Waals surface area contributed by atoms with Gasteiger partial charge in [0.2, 0.25) is 0 Å². The lowest BCUT2D eigenvalue weighted by atomic mass is 9.93. The van der Waals surface area contributed by atoms with Crippen molar-refractivity contribution in [2.24, 2.45) is 0 Å². The molecule has 0 aliphatic heterocycles. The van der Waals surface area contributed by atoms with Gasteiger partial charge in [-0.2, -0.15) is 0 Å². The highest BCUT2D eigenvalue weighted by atomic mass is 15.1. The maximum Gasteiger partial charge on any atom is 0.0546 e. The monoisotopic (exact) mass is 621 g/mol. The van der Waals surface area contributed by atoms with Crippen LogP contribution in [-0.2, 0) is 0 Å². The van der Waals surface area contributed by atoms with E-state index in [4.69, 9.17) is 0 Å². The molecule has 228 valence electrons. The Kier molecular flexibility index (Phi) is 6.25. The van der Waals surface area contributed by atoms with Crippen LogP contribution in [0.25, 0.3) is 75.8 Å². The topological polar surface area (TPSA) is 3.24 Å². The van der Waals surface area contributed by atoms with Gasteiger partial charge in [0, 0.05) is 16.5 Å². The Balaban J connectivity index is 1.33. The SMILES string of the molecule is c1ccc(-c2ccc(N(c3ccc4c5ccccc5c5ccccc5c4c3)c3cc4ccccc4c4ccccc34)c3ccccc23)cc1. The summed E-state index contributed by atoms with van der Waals surface area (Å²) in [4.78, 5) is 2.50. The van der Waals surface area contributed by atoms with Gasteiger partial charge < -0.3 is 4.90 Å². The molecule has 0 saturated carbocycles. The van der Waals surface area contributed by atoms with Gasteiger partial charge in [-0.3, -0.25) is 0 Å². The summed E-state index contributed by atoms with van der Waals surface area (Å²) >= 11 is 0. The summed E-state index contributed by atoms with van der Waals surface area (Å²) in [5, 5.41) is 15.1. The van der Waals surface area contributed by atoms with Gasteiger partial charge in [-0.05, 0) is 89.3 Å². The molecule has 0 N–H and O–H groups in total. The number of hydrogen-bond acceptors (Lipinski definition) is 1. The Morgan fingerprint density at radius 1 is 0.265 bits per heavy atom. The number of rotatable bonds is 4. The highest BCUT2D eigenvalue weighted by molar-refractivity contribution is 6.26. The van der Waals surface area contributed by atoms with Crippen LogP contribution in [0, 0.1) is 0 Å². The van der Waals surface area contributed by atoms with Gasteiger partial charge in [0.1, 0.15) is 0 Å². The van der Waals surface area contributed by atoms with Crippen LogP contribution in [0.5, 0.6) is 0 Å². The van der Waals surface area contributed by atoms with Gasteiger partial charge in [-0.15, -0.1) is 0 Å². The summed E-state index contributed by atoms with van der Waals surface area (Å²) in [5.74, 6) is 0. The van der Waals surface area contributed by atoms with Crippen LogP contribution in [0.2, 0.25) is 0 Å². The van der Waals surface area contributed by atoms with Crippen LogP contribution >= 0.6 is 0 Å². The van der Waals surface area contributed by atoms with Crippen molar-refractivity contribution in [3.05, 3.63) is 188 Å². The minimum Gasteiger partial charge on any atom is -0.309 e. The van der Waals surface area contributed by atoms with E-state index in [1.807, 2.05) is 0 Å². The average molecular weight is 622 g/mol. The van der Waals surface area contributed by atoms with Crippen molar-refractivity contribution in [2.75, 3.05) is 4.90 Å². The minimum atomic E-state index is 1.13. The molecule has 0 bridgehead atoms. The van der Waals surface area contributed by atoms with Crippen molar-refractivity contribution in [2.45, 2.75) is 0 Å². The van der Waals surface area contributed by atoms with Crippen LogP contribution in [0.1, 0.15) is 0 Å². The third-order valence-electron chi connectivity index (χ3n) is 10.2. The van der Waals surface area contributed by atoms with E-state index < -0.39 is 0 Å². The maximum atomic E-state index is 2.50. The molecule has 0 radical (unpaired) electrons. The van der Waals surface area contributed by atoms with E-state index >= 15 is 0 Å². The molecule has 0 fully saturated rings. The van der Waals surface area contributed by atoms with Crippen molar-refractivity contribution in [1.29, 1.82) is 0 Å². The molecule has 0 aromatic heterocycles. The van der Waals surface area contributed by atoms with Crippen molar-refractivity contribution in [3.8, 4) is 11.1 Å². The average Bonchev–Trinajstić information content (AvgIpc) is 3.18. The Morgan fingerprint density at radius 2 is 0.735 bits per heavy atom. The van der Waals surface area contributed by atoms with Gasteiger partial charge in [-0.1, -0.05) is 164 Å². The highest BCUT2D eigenvalue weighted by Gasteiger charge is 2.21. The number of hydrogen-bond donors (Lipinski definition) is 0. The summed E-state index contributed by atoms with van der Waals surface area (Å²) < 4.78 is 0. The van der Waals surface area contributed by atoms with Gasteiger partial charge in [0.25, 0.3) is 0 Å². The number of benzene rings is 10. The zero-order chi connectivity index (χ0) is 32.3. The van der Waals surface area contributed by atoms with E-state index in [0.717, 1.165) is 17.1 Å². The van der Waals surface area contributed by atoms with Gasteiger partial charge >= 0.3 is 0 Å². The second-order valence-corrected chi connectivity index (χ2v) is 12.9. The van der Waals surface area contributed by atoms with Crippen LogP contribution in [-0.4, -0.2) is 0 Å². The number of anilines is 3. The lowest BCUT2D eigenvalue weighted by Gasteiger charge is -2.29. The van der Waals surface area contributed by atoms with Crippen molar-refractivity contribution in [1.82, 2.24) is 0 Å². The Labute approximate surface area is 284 Å². The third kappa shape index (κ3) is 4.33. The fraction of sp³-hybridized carbons (Fsp3) is 0. The molecule has 0 unspecified atom stereocenters. The molecular weight excluding hydrogens is 591 g/mol. The van der Waals surface area contributed by atoms with Gasteiger partial charge in [0.15, 0.2) is 0 Å². The molecule has 1 heteroatoms. The summed E-state index contributed by atoms with van der Waals surface area (Å²) in [6, 6.07) is 68.9. The predicted octanol–water partition coefficient (Wildman–Crippen LogP) is 13.7. The lowest BCUT2D eigenvalue weighted by molar-refractivity contribution is 1.32. The Hall–Kier alpha value is -6.44. The van der Waals surface area contributed by atoms with Crippen molar-refractivity contribution < 1.29 is 0 Å². The van der Waals surface area contributed by atoms with Crippen LogP contribution in [0.15, 0.2) is 188 Å². The zero-order valence-electron chi connectivity index (χ0n) is 26.8. The largest absolute Gasteiger partial charge is 0.309 e. The van der Waals surface area contributed by atoms with Crippen LogP contribution in [0.3, 0.4) is 0 Å². The van der Waals surface area contributed by atoms with Crippen LogP contribution < -0.4 is 4.90 Å². The molecule has 0 aliphatic carbocycles. The highest BCUT2D eigenvalue weighted by Crippen LogP contribution is 2.47. The molecule has 0 heterocycles. The van der Waals surface area contributed by atoms with Crippen molar-refractivity contribution >= 4 is 81.7 Å². The molecule has 10 aromatic carbocycles. The predicted molar refractivity (Wildman–Crippen MR) is 212 cm³/mol. The van der Waals surface area contributed by atoms with E-state index in [-0.39, 0.29) is 0 Å². The smallest absolute Gasteiger partial charge is 0.0546 e. The standard InChI is InChI=1S/C48H31N/c1-2-14-32(15-3-1)36-28-29-47(44-24-12-10-19-38(36)44)49(48-30-33-16-4-5-17-35(33)37-18-11-13-25-45(37)48)34-26-27-43-41-22-7-6-20-39(41)40-21-8-9-23-42(40)46(43)31-34/h1-31H. The molecule has 1 nitrogen and oxygen atoms in total. The Bertz CT molecular complexity index is 2850. The molecule has 0 aliphatic rings. The molecule has 10 rings (SSSR count). The molecule has 0 amide bonds. The fourth-order valence-electron chi connectivity index (χ4n) is 8.01. The van der Waals surface area contributed by atoms with E-state index in [2.05, 4.69) is 193 Å². The Morgan fingerprint density at radius 3 is 1.39 bits per heavy atom. The first-order chi connectivity index (χ1) is 24.3. The van der Waals surface area contributed by atoms with Crippen molar-refractivity contribution in [3.63, 3.8) is 0 Å². The summed E-state index contributed by atoms with van der Waals surface area (Å²) in [6.07, 6.45) is 0. The van der Waals surface area contributed by atoms with Crippen LogP contribution in [0.4, 0.5) is 17.1 Å². The number of fused-ring (bicyclic) bond motifs is 10. The van der Waals surface area contributed by atoms with Gasteiger partial charge in [-0.25, -0.2) is 0 Å². The fourth-order valence-corrected chi connectivity index (χ4v) is 8.01. The summed E-state index contributed by atoms with van der Waals surface area (Å²) in [5.41, 5.74) is 5.90. The quantitative estimate of drug-likeness (QED) is 0.177. The molecule has 0 saturated heterocycles. The normalized spacial score (nSPS) is 11.7. The minimum absolute atomic E-state index is 1.13. The first-order valence-corrected chi connectivity index (χ1v) is 16.9. The lowest BCUT2D eigenvalue weighted by Crippen LogP contribution is -2.11. The zero-order valence-corrected chi connectivity index (χ0v) is 26.8. The van der Waals surface area contributed by atoms with E-state index in [1.54, 1.807) is 0 Å². The summed E-state index contributed by atoms with van der Waals surface area (Å²) in [7, 11) is 0. The van der Waals surface area contributed by atoms with E-state index in [9.17, 15) is 0 Å². The molecule has 10 aromatic rings. The summed E-state index contributed by atoms with van der Waals surface area (Å²) in [6.45, 7) is 0. The second kappa shape index (κ2) is 11.1. The first-order valence-electron chi connectivity index (χ1n) is 16.9. The van der Waals surface area contributed by atoms with E-state index in [0.29, 0.717) is 0 Å². The molecular formula is C48H31N. The second-order valence-electron chi connectivity index (χ2n) is 12.9. The molecule has 49 heavy (non-hydrogen) atoms. The maximum absolute atomic E-state index is 2.50. The molecule has 0 spiro atoms. The first kappa shape index (κ1) is 27.7. The molecule has 0 atom stereocenters. The number of nitrogens with zero attached hydrogens (tertiary/aromatic N) is 1. The van der Waals surface area contributed by atoms with Gasteiger partial charge in [0.05, 0.1) is 11.4 Å².